The third-order valence-electron chi connectivity index (χ3n) is 5.86. The molecule has 3 aromatic heterocycles. The Morgan fingerprint density at radius 2 is 1.96 bits per heavy atom. The molecule has 0 radical (unpaired) electrons. The molecule has 0 aromatic carbocycles. The summed E-state index contributed by atoms with van der Waals surface area (Å²) in [5.41, 5.74) is 7.56. The van der Waals surface area contributed by atoms with E-state index < -0.39 is 5.82 Å². The molecule has 8 heteroatoms. The number of nitrogens with zero attached hydrogens (tertiary/aromatic N) is 4. The van der Waals surface area contributed by atoms with Crippen LogP contribution in [0.3, 0.4) is 0 Å². The number of hydrogen-bond donors (Lipinski definition) is 2. The third kappa shape index (κ3) is 2.93. The van der Waals surface area contributed by atoms with Crippen LogP contribution in [0.1, 0.15) is 32.1 Å². The van der Waals surface area contributed by atoms with E-state index >= 15 is 0 Å². The quantitative estimate of drug-likeness (QED) is 0.719. The summed E-state index contributed by atoms with van der Waals surface area (Å²) in [5.74, 6) is 0.287. The lowest BCUT2D eigenvalue weighted by Crippen LogP contribution is -2.48. The smallest absolute Gasteiger partial charge is 0.224 e. The summed E-state index contributed by atoms with van der Waals surface area (Å²) in [6, 6.07) is 3.62. The van der Waals surface area contributed by atoms with Crippen molar-refractivity contribution in [2.24, 2.45) is 0 Å². The van der Waals surface area contributed by atoms with E-state index in [1.807, 2.05) is 0 Å². The van der Waals surface area contributed by atoms with Crippen molar-refractivity contribution in [3.05, 3.63) is 36.5 Å². The van der Waals surface area contributed by atoms with Crippen LogP contribution >= 0.6 is 0 Å². The van der Waals surface area contributed by atoms with Gasteiger partial charge in [-0.2, -0.15) is 0 Å². The van der Waals surface area contributed by atoms with Gasteiger partial charge in [0.15, 0.2) is 5.82 Å². The number of nitrogens with two attached hydrogens (primary N) is 1. The van der Waals surface area contributed by atoms with Gasteiger partial charge in [0.05, 0.1) is 35.0 Å². The molecule has 1 saturated heterocycles. The highest BCUT2D eigenvalue weighted by atomic mass is 19.1. The average Bonchev–Trinajstić information content (AvgIpc) is 2.67. The van der Waals surface area contributed by atoms with E-state index in [1.165, 1.54) is 12.4 Å². The maximum atomic E-state index is 14.4. The molecule has 0 amide bonds. The molecule has 1 saturated carbocycles. The molecular weight excluding hydrogens is 359 g/mol. The minimum absolute atomic E-state index is 0.105. The van der Waals surface area contributed by atoms with Gasteiger partial charge >= 0.3 is 0 Å². The van der Waals surface area contributed by atoms with Crippen LogP contribution < -0.4 is 11.1 Å². The van der Waals surface area contributed by atoms with Crippen LogP contribution in [0, 0.1) is 5.82 Å². The zero-order valence-corrected chi connectivity index (χ0v) is 15.4. The molecule has 4 heterocycles. The molecular formula is C20H21FN6O. The molecule has 0 atom stereocenters. The largest absolute Gasteiger partial charge is 0.383 e. The highest BCUT2D eigenvalue weighted by Gasteiger charge is 2.41. The fourth-order valence-corrected chi connectivity index (χ4v) is 4.19. The Kier molecular flexibility index (Phi) is 4.08. The van der Waals surface area contributed by atoms with Crippen LogP contribution in [0.25, 0.3) is 22.2 Å². The minimum Gasteiger partial charge on any atom is -0.383 e. The van der Waals surface area contributed by atoms with Gasteiger partial charge < -0.3 is 15.8 Å². The second kappa shape index (κ2) is 6.63. The lowest BCUT2D eigenvalue weighted by Gasteiger charge is -2.46. The molecule has 1 aliphatic heterocycles. The van der Waals surface area contributed by atoms with E-state index in [0.29, 0.717) is 28.1 Å². The van der Waals surface area contributed by atoms with Gasteiger partial charge in [0, 0.05) is 24.0 Å². The van der Waals surface area contributed by atoms with Crippen molar-refractivity contribution in [1.82, 2.24) is 19.9 Å². The molecule has 1 aliphatic carbocycles. The summed E-state index contributed by atoms with van der Waals surface area (Å²) in [4.78, 5) is 17.2. The zero-order valence-electron chi connectivity index (χ0n) is 15.4. The summed E-state index contributed by atoms with van der Waals surface area (Å²) in [6.07, 6.45) is 9.54. The highest BCUT2D eigenvalue weighted by molar-refractivity contribution is 5.99. The van der Waals surface area contributed by atoms with Gasteiger partial charge in [-0.1, -0.05) is 0 Å². The Morgan fingerprint density at radius 3 is 2.68 bits per heavy atom. The van der Waals surface area contributed by atoms with Gasteiger partial charge in [0.25, 0.3) is 0 Å². The number of nitrogen functional groups attached to an aromatic ring is 1. The monoisotopic (exact) mass is 380 g/mol. The number of hydrogen-bond acceptors (Lipinski definition) is 7. The summed E-state index contributed by atoms with van der Waals surface area (Å²) < 4.78 is 20.2. The van der Waals surface area contributed by atoms with E-state index in [9.17, 15) is 4.39 Å². The molecule has 3 aromatic rings. The Morgan fingerprint density at radius 1 is 1.14 bits per heavy atom. The van der Waals surface area contributed by atoms with E-state index in [-0.39, 0.29) is 17.5 Å². The number of pyridine rings is 2. The Balaban J connectivity index is 1.51. The number of ether oxygens (including phenoxy) is 1. The number of fused-ring (bicyclic) bond motifs is 1. The SMILES string of the molecule is Nc1nccc2nc(NC3CCC4(CCO4)CC3)nc(-c3ccncc3F)c12. The first-order valence-corrected chi connectivity index (χ1v) is 9.56. The van der Waals surface area contributed by atoms with Crippen molar-refractivity contribution in [3.8, 4) is 11.3 Å². The number of anilines is 2. The predicted molar refractivity (Wildman–Crippen MR) is 104 cm³/mol. The number of nitrogens with one attached hydrogen (secondary N) is 1. The summed E-state index contributed by atoms with van der Waals surface area (Å²) in [6.45, 7) is 0.877. The normalized spacial score (nSPS) is 24.2. The third-order valence-corrected chi connectivity index (χ3v) is 5.86. The number of rotatable bonds is 3. The van der Waals surface area contributed by atoms with E-state index in [0.717, 1.165) is 38.7 Å². The summed E-state index contributed by atoms with van der Waals surface area (Å²) in [5, 5.41) is 3.98. The van der Waals surface area contributed by atoms with Crippen molar-refractivity contribution in [2.75, 3.05) is 17.7 Å². The average molecular weight is 380 g/mol. The predicted octanol–water partition coefficient (Wildman–Crippen LogP) is 3.32. The standard InChI is InChI=1S/C20H21FN6O/c21-14-11-23-8-3-13(14)17-16-15(4-9-24-18(16)22)26-19(27-17)25-12-1-5-20(6-2-12)7-10-28-20/h3-4,8-9,11-12H,1-2,5-7,10H2,(H2,22,24)(H,25,26,27). The van der Waals surface area contributed by atoms with Gasteiger partial charge in [-0.05, 0) is 44.2 Å². The van der Waals surface area contributed by atoms with Crippen LogP contribution in [0.5, 0.6) is 0 Å². The maximum Gasteiger partial charge on any atom is 0.224 e. The topological polar surface area (TPSA) is 98.8 Å². The summed E-state index contributed by atoms with van der Waals surface area (Å²) in [7, 11) is 0. The molecule has 5 rings (SSSR count). The van der Waals surface area contributed by atoms with Gasteiger partial charge in [-0.3, -0.25) is 4.98 Å². The van der Waals surface area contributed by atoms with Gasteiger partial charge in [0.1, 0.15) is 5.82 Å². The second-order valence-electron chi connectivity index (χ2n) is 7.54. The van der Waals surface area contributed by atoms with Crippen LogP contribution in [0.2, 0.25) is 0 Å². The van der Waals surface area contributed by atoms with Crippen LogP contribution in [-0.4, -0.2) is 38.2 Å². The lowest BCUT2D eigenvalue weighted by molar-refractivity contribution is -0.165. The first-order chi connectivity index (χ1) is 13.6. The van der Waals surface area contributed by atoms with Crippen LogP contribution in [-0.2, 0) is 4.74 Å². The molecule has 7 nitrogen and oxygen atoms in total. The van der Waals surface area contributed by atoms with E-state index in [4.69, 9.17) is 10.5 Å². The number of halogens is 1. The highest BCUT2D eigenvalue weighted by Crippen LogP contribution is 2.41. The molecule has 28 heavy (non-hydrogen) atoms. The first kappa shape index (κ1) is 17.2. The van der Waals surface area contributed by atoms with Crippen molar-refractivity contribution in [2.45, 2.75) is 43.7 Å². The molecule has 0 unspecified atom stereocenters. The fraction of sp³-hybridized carbons (Fsp3) is 0.400. The summed E-state index contributed by atoms with van der Waals surface area (Å²) >= 11 is 0. The van der Waals surface area contributed by atoms with Crippen molar-refractivity contribution in [3.63, 3.8) is 0 Å². The van der Waals surface area contributed by atoms with Crippen LogP contribution in [0.4, 0.5) is 16.2 Å². The second-order valence-corrected chi connectivity index (χ2v) is 7.54. The molecule has 2 aliphatic rings. The molecule has 1 spiro atoms. The van der Waals surface area contributed by atoms with Gasteiger partial charge in [-0.25, -0.2) is 19.3 Å². The van der Waals surface area contributed by atoms with E-state index in [1.54, 1.807) is 18.3 Å². The van der Waals surface area contributed by atoms with Crippen molar-refractivity contribution in [1.29, 1.82) is 0 Å². The Hall–Kier alpha value is -2.87. The fourth-order valence-electron chi connectivity index (χ4n) is 4.19. The van der Waals surface area contributed by atoms with Gasteiger partial charge in [-0.15, -0.1) is 0 Å². The Labute approximate surface area is 161 Å². The van der Waals surface area contributed by atoms with E-state index in [2.05, 4.69) is 25.3 Å². The van der Waals surface area contributed by atoms with Gasteiger partial charge in [0.2, 0.25) is 5.95 Å². The Bertz CT molecular complexity index is 1030. The maximum absolute atomic E-state index is 14.4. The molecule has 0 bridgehead atoms. The molecule has 2 fully saturated rings. The van der Waals surface area contributed by atoms with Crippen LogP contribution in [0.15, 0.2) is 30.7 Å². The molecule has 3 N–H and O–H groups in total. The first-order valence-electron chi connectivity index (χ1n) is 9.56. The minimum atomic E-state index is -0.460. The molecule has 144 valence electrons. The number of aromatic nitrogens is 4. The zero-order chi connectivity index (χ0) is 19.1. The lowest BCUT2D eigenvalue weighted by atomic mass is 9.77. The van der Waals surface area contributed by atoms with Crippen molar-refractivity contribution < 1.29 is 9.13 Å². The van der Waals surface area contributed by atoms with Crippen molar-refractivity contribution >= 4 is 22.7 Å².